The summed E-state index contributed by atoms with van der Waals surface area (Å²) < 4.78 is 43.8. The molecule has 3 heterocycles. The fourth-order valence-electron chi connectivity index (χ4n) is 2.81. The molecule has 0 bridgehead atoms. The molecule has 0 saturated heterocycles. The highest BCUT2D eigenvalue weighted by Gasteiger charge is 2.32. The molecule has 4 rings (SSSR count). The fraction of sp³-hybridized carbons (Fsp3) is 0.0526. The maximum Gasteiger partial charge on any atom is 0.433 e. The predicted molar refractivity (Wildman–Crippen MR) is 87.7 cm³/mol. The topological polar surface area (TPSA) is 38.9 Å². The van der Waals surface area contributed by atoms with Crippen LogP contribution in [0.5, 0.6) is 0 Å². The third-order valence-corrected chi connectivity index (χ3v) is 3.94. The molecule has 4 aromatic rings. The molecule has 0 spiro atoms. The molecule has 3 aromatic heterocycles. The molecule has 0 saturated carbocycles. The summed E-state index contributed by atoms with van der Waals surface area (Å²) in [5.74, 6) is 0. The minimum absolute atomic E-state index is 0.0642. The lowest BCUT2D eigenvalue weighted by atomic mass is 9.94. The molecule has 0 radical (unpaired) electrons. The average Bonchev–Trinajstić information content (AvgIpc) is 3.14. The maximum absolute atomic E-state index is 12.9. The first kappa shape index (κ1) is 15.4. The largest absolute Gasteiger partial charge is 0.472 e. The van der Waals surface area contributed by atoms with Gasteiger partial charge in [-0.05, 0) is 41.0 Å². The summed E-state index contributed by atoms with van der Waals surface area (Å²) in [7, 11) is 0. The minimum Gasteiger partial charge on any atom is -0.472 e. The van der Waals surface area contributed by atoms with Gasteiger partial charge in [-0.25, -0.2) is 9.97 Å². The first-order valence-electron chi connectivity index (χ1n) is 7.49. The van der Waals surface area contributed by atoms with E-state index in [1.807, 2.05) is 30.3 Å². The lowest BCUT2D eigenvalue weighted by Crippen LogP contribution is -2.08. The number of rotatable bonds is 2. The third-order valence-electron chi connectivity index (χ3n) is 3.94. The van der Waals surface area contributed by atoms with Crippen molar-refractivity contribution in [3.05, 3.63) is 72.9 Å². The van der Waals surface area contributed by atoms with Crippen LogP contribution < -0.4 is 0 Å². The monoisotopic (exact) mass is 340 g/mol. The van der Waals surface area contributed by atoms with Crippen molar-refractivity contribution in [2.75, 3.05) is 0 Å². The van der Waals surface area contributed by atoms with Crippen LogP contribution in [0.4, 0.5) is 13.2 Å². The van der Waals surface area contributed by atoms with Crippen LogP contribution in [0, 0.1) is 0 Å². The standard InChI is InChI=1S/C19H11F3N2O/c20-19(21,22)17-6-5-16-15(7-9-23-18(16)24-17)14-4-2-1-3-13(14)12-8-10-25-11-12/h1-11H. The van der Waals surface area contributed by atoms with Gasteiger partial charge < -0.3 is 4.42 Å². The zero-order chi connectivity index (χ0) is 17.4. The van der Waals surface area contributed by atoms with E-state index in [2.05, 4.69) is 9.97 Å². The number of furan rings is 1. The van der Waals surface area contributed by atoms with Gasteiger partial charge in [0.25, 0.3) is 0 Å². The van der Waals surface area contributed by atoms with Crippen LogP contribution in [-0.2, 0) is 6.18 Å². The number of benzene rings is 1. The Morgan fingerprint density at radius 2 is 1.64 bits per heavy atom. The van der Waals surface area contributed by atoms with Gasteiger partial charge in [0.2, 0.25) is 0 Å². The quantitative estimate of drug-likeness (QED) is 0.478. The zero-order valence-corrected chi connectivity index (χ0v) is 12.8. The summed E-state index contributed by atoms with van der Waals surface area (Å²) in [5, 5.41) is 0.562. The Morgan fingerprint density at radius 1 is 0.840 bits per heavy atom. The molecule has 0 aliphatic carbocycles. The van der Waals surface area contributed by atoms with E-state index in [1.54, 1.807) is 18.6 Å². The van der Waals surface area contributed by atoms with E-state index in [4.69, 9.17) is 4.42 Å². The number of hydrogen-bond acceptors (Lipinski definition) is 3. The van der Waals surface area contributed by atoms with Crippen LogP contribution in [0.3, 0.4) is 0 Å². The summed E-state index contributed by atoms with van der Waals surface area (Å²) in [4.78, 5) is 7.67. The molecule has 1 aromatic carbocycles. The van der Waals surface area contributed by atoms with Crippen LogP contribution in [-0.4, -0.2) is 9.97 Å². The summed E-state index contributed by atoms with van der Waals surface area (Å²) in [6, 6.07) is 13.6. The molecular weight excluding hydrogens is 329 g/mol. The van der Waals surface area contributed by atoms with Crippen LogP contribution in [0.2, 0.25) is 0 Å². The number of halogens is 3. The Balaban J connectivity index is 1.94. The van der Waals surface area contributed by atoms with Gasteiger partial charge in [0.05, 0.1) is 12.5 Å². The summed E-state index contributed by atoms with van der Waals surface area (Å²) in [6.07, 6.45) is 0.174. The second-order valence-corrected chi connectivity index (χ2v) is 5.48. The first-order chi connectivity index (χ1) is 12.0. The van der Waals surface area contributed by atoms with Crippen molar-refractivity contribution in [3.8, 4) is 22.3 Å². The number of pyridine rings is 2. The Hall–Kier alpha value is -3.15. The first-order valence-corrected chi connectivity index (χ1v) is 7.49. The van der Waals surface area contributed by atoms with Gasteiger partial charge in [0.1, 0.15) is 5.69 Å². The summed E-state index contributed by atoms with van der Waals surface area (Å²) >= 11 is 0. The number of hydrogen-bond donors (Lipinski definition) is 0. The van der Waals surface area contributed by atoms with Crippen molar-refractivity contribution in [3.63, 3.8) is 0 Å². The van der Waals surface area contributed by atoms with Crippen molar-refractivity contribution >= 4 is 11.0 Å². The summed E-state index contributed by atoms with van der Waals surface area (Å²) in [5.41, 5.74) is 2.56. The van der Waals surface area contributed by atoms with E-state index in [9.17, 15) is 13.2 Å². The van der Waals surface area contributed by atoms with Crippen LogP contribution in [0.15, 0.2) is 71.7 Å². The van der Waals surface area contributed by atoms with E-state index >= 15 is 0 Å². The Kier molecular flexibility index (Phi) is 3.53. The van der Waals surface area contributed by atoms with Gasteiger partial charge in [-0.15, -0.1) is 0 Å². The molecule has 124 valence electrons. The normalized spacial score (nSPS) is 11.8. The number of nitrogens with zero attached hydrogens (tertiary/aromatic N) is 2. The van der Waals surface area contributed by atoms with Gasteiger partial charge in [-0.2, -0.15) is 13.2 Å². The van der Waals surface area contributed by atoms with E-state index in [-0.39, 0.29) is 5.65 Å². The SMILES string of the molecule is FC(F)(F)c1ccc2c(-c3ccccc3-c3ccoc3)ccnc2n1. The van der Waals surface area contributed by atoms with Crippen molar-refractivity contribution in [1.29, 1.82) is 0 Å². The molecule has 0 aliphatic heterocycles. The number of aromatic nitrogens is 2. The number of fused-ring (bicyclic) bond motifs is 1. The molecular formula is C19H11F3N2O. The minimum atomic E-state index is -4.50. The van der Waals surface area contributed by atoms with Gasteiger partial charge in [0, 0.05) is 17.1 Å². The Bertz CT molecular complexity index is 1040. The van der Waals surface area contributed by atoms with Crippen molar-refractivity contribution < 1.29 is 17.6 Å². The van der Waals surface area contributed by atoms with Gasteiger partial charge in [-0.3, -0.25) is 0 Å². The number of alkyl halides is 3. The maximum atomic E-state index is 12.9. The molecule has 3 nitrogen and oxygen atoms in total. The Morgan fingerprint density at radius 3 is 2.36 bits per heavy atom. The third kappa shape index (κ3) is 2.76. The van der Waals surface area contributed by atoms with Gasteiger partial charge in [-0.1, -0.05) is 24.3 Å². The zero-order valence-electron chi connectivity index (χ0n) is 12.8. The molecule has 25 heavy (non-hydrogen) atoms. The van der Waals surface area contributed by atoms with Crippen molar-refractivity contribution in [2.24, 2.45) is 0 Å². The second-order valence-electron chi connectivity index (χ2n) is 5.48. The molecule has 0 N–H and O–H groups in total. The van der Waals surface area contributed by atoms with Gasteiger partial charge >= 0.3 is 6.18 Å². The van der Waals surface area contributed by atoms with E-state index in [0.717, 1.165) is 28.3 Å². The van der Waals surface area contributed by atoms with E-state index in [0.29, 0.717) is 5.39 Å². The Labute approximate surface area is 140 Å². The average molecular weight is 340 g/mol. The molecule has 0 atom stereocenters. The lowest BCUT2D eigenvalue weighted by molar-refractivity contribution is -0.141. The van der Waals surface area contributed by atoms with Gasteiger partial charge in [0.15, 0.2) is 5.65 Å². The second kappa shape index (κ2) is 5.73. The smallest absolute Gasteiger partial charge is 0.433 e. The highest BCUT2D eigenvalue weighted by atomic mass is 19.4. The lowest BCUT2D eigenvalue weighted by Gasteiger charge is -2.12. The molecule has 6 heteroatoms. The van der Waals surface area contributed by atoms with E-state index < -0.39 is 11.9 Å². The van der Waals surface area contributed by atoms with E-state index in [1.165, 1.54) is 12.3 Å². The molecule has 0 amide bonds. The summed E-state index contributed by atoms with van der Waals surface area (Å²) in [6.45, 7) is 0. The van der Waals surface area contributed by atoms with Crippen molar-refractivity contribution in [2.45, 2.75) is 6.18 Å². The molecule has 0 fully saturated rings. The van der Waals surface area contributed by atoms with Crippen LogP contribution in [0.1, 0.15) is 5.69 Å². The van der Waals surface area contributed by atoms with Crippen molar-refractivity contribution in [1.82, 2.24) is 9.97 Å². The highest BCUT2D eigenvalue weighted by molar-refractivity contribution is 5.97. The van der Waals surface area contributed by atoms with Crippen LogP contribution >= 0.6 is 0 Å². The predicted octanol–water partition coefficient (Wildman–Crippen LogP) is 5.58. The fourth-order valence-corrected chi connectivity index (χ4v) is 2.81. The highest BCUT2D eigenvalue weighted by Crippen LogP contribution is 2.36. The molecule has 0 aliphatic rings. The molecule has 0 unspecified atom stereocenters. The van der Waals surface area contributed by atoms with Crippen LogP contribution in [0.25, 0.3) is 33.3 Å².